The molecule has 0 aromatic heterocycles. The number of carbonyl (C=O) groups is 1. The third kappa shape index (κ3) is 5.76. The lowest BCUT2D eigenvalue weighted by atomic mass is 10.2. The first kappa shape index (κ1) is 22.2. The molecule has 0 aliphatic carbocycles. The van der Waals surface area contributed by atoms with Gasteiger partial charge in [0.1, 0.15) is 11.5 Å². The van der Waals surface area contributed by atoms with E-state index in [0.29, 0.717) is 35.0 Å². The van der Waals surface area contributed by atoms with Gasteiger partial charge in [-0.2, -0.15) is 0 Å². The summed E-state index contributed by atoms with van der Waals surface area (Å²) in [6.45, 7) is 2.50. The van der Waals surface area contributed by atoms with Crippen molar-refractivity contribution in [2.75, 3.05) is 23.8 Å². The Kier molecular flexibility index (Phi) is 7.15. The van der Waals surface area contributed by atoms with Crippen LogP contribution < -0.4 is 19.5 Å². The van der Waals surface area contributed by atoms with E-state index < -0.39 is 10.0 Å². The van der Waals surface area contributed by atoms with Gasteiger partial charge in [0.2, 0.25) is 0 Å². The first-order valence-corrected chi connectivity index (χ1v) is 11.2. The van der Waals surface area contributed by atoms with Gasteiger partial charge in [0, 0.05) is 11.4 Å². The summed E-state index contributed by atoms with van der Waals surface area (Å²) in [5, 5.41) is 2.77. The smallest absolute Gasteiger partial charge is 0.261 e. The van der Waals surface area contributed by atoms with Crippen molar-refractivity contribution in [3.8, 4) is 11.5 Å². The first-order chi connectivity index (χ1) is 14.9. The van der Waals surface area contributed by atoms with Gasteiger partial charge in [0.25, 0.3) is 15.9 Å². The maximum absolute atomic E-state index is 12.6. The Balaban J connectivity index is 1.70. The monoisotopic (exact) mass is 440 g/mol. The summed E-state index contributed by atoms with van der Waals surface area (Å²) in [4.78, 5) is 12.7. The molecule has 7 nitrogen and oxygen atoms in total. The lowest BCUT2D eigenvalue weighted by Crippen LogP contribution is -2.15. The molecule has 0 unspecified atom stereocenters. The van der Waals surface area contributed by atoms with Gasteiger partial charge >= 0.3 is 0 Å². The molecule has 3 aromatic carbocycles. The van der Waals surface area contributed by atoms with Crippen molar-refractivity contribution in [3.05, 3.63) is 78.4 Å². The fourth-order valence-electron chi connectivity index (χ4n) is 2.78. The minimum Gasteiger partial charge on any atom is -0.497 e. The number of methoxy groups -OCH3 is 1. The van der Waals surface area contributed by atoms with Crippen molar-refractivity contribution < 1.29 is 22.7 Å². The summed E-state index contributed by atoms with van der Waals surface area (Å²) in [6.07, 6.45) is 0.830. The molecule has 0 saturated heterocycles. The lowest BCUT2D eigenvalue weighted by molar-refractivity contribution is 0.102. The van der Waals surface area contributed by atoms with Gasteiger partial charge in [-0.05, 0) is 67.1 Å². The largest absolute Gasteiger partial charge is 0.497 e. The van der Waals surface area contributed by atoms with Gasteiger partial charge < -0.3 is 14.8 Å². The summed E-state index contributed by atoms with van der Waals surface area (Å²) in [6, 6.07) is 19.5. The number of ether oxygens (including phenoxy) is 2. The first-order valence-electron chi connectivity index (χ1n) is 9.73. The van der Waals surface area contributed by atoms with E-state index in [1.165, 1.54) is 31.4 Å². The molecule has 0 spiro atoms. The van der Waals surface area contributed by atoms with Crippen molar-refractivity contribution in [3.63, 3.8) is 0 Å². The number of hydrogen-bond donors (Lipinski definition) is 2. The van der Waals surface area contributed by atoms with Crippen LogP contribution in [0.4, 0.5) is 11.4 Å². The molecular formula is C23H24N2O5S. The third-order valence-electron chi connectivity index (χ3n) is 4.36. The fraction of sp³-hybridized carbons (Fsp3) is 0.174. The van der Waals surface area contributed by atoms with E-state index in [-0.39, 0.29) is 10.8 Å². The molecule has 8 heteroatoms. The summed E-state index contributed by atoms with van der Waals surface area (Å²) < 4.78 is 38.4. The normalized spacial score (nSPS) is 10.9. The molecule has 3 aromatic rings. The highest BCUT2D eigenvalue weighted by molar-refractivity contribution is 7.92. The predicted octanol–water partition coefficient (Wildman–Crippen LogP) is 4.54. The number of carbonyl (C=O) groups excluding carboxylic acids is 1. The summed E-state index contributed by atoms with van der Waals surface area (Å²) in [5.74, 6) is 0.799. The zero-order chi connectivity index (χ0) is 22.3. The number of hydrogen-bond acceptors (Lipinski definition) is 5. The summed E-state index contributed by atoms with van der Waals surface area (Å²) in [7, 11) is -2.23. The Morgan fingerprint density at radius 3 is 2.19 bits per heavy atom. The Labute approximate surface area is 182 Å². The van der Waals surface area contributed by atoms with E-state index in [9.17, 15) is 13.2 Å². The SMILES string of the molecule is CCCOc1ccccc1C(=O)Nc1ccc(S(=O)(=O)Nc2ccc(OC)cc2)cc1. The van der Waals surface area contributed by atoms with E-state index in [4.69, 9.17) is 9.47 Å². The lowest BCUT2D eigenvalue weighted by Gasteiger charge is -2.12. The number of anilines is 2. The molecule has 0 saturated carbocycles. The molecule has 0 radical (unpaired) electrons. The van der Waals surface area contributed by atoms with Crippen LogP contribution in [-0.4, -0.2) is 28.0 Å². The van der Waals surface area contributed by atoms with Gasteiger partial charge in [-0.1, -0.05) is 19.1 Å². The number of amides is 1. The zero-order valence-electron chi connectivity index (χ0n) is 17.3. The topological polar surface area (TPSA) is 93.7 Å². The number of benzene rings is 3. The van der Waals surface area contributed by atoms with Gasteiger partial charge in [-0.25, -0.2) is 8.42 Å². The number of sulfonamides is 1. The Morgan fingerprint density at radius 1 is 0.903 bits per heavy atom. The van der Waals surface area contributed by atoms with Crippen LogP contribution in [0.1, 0.15) is 23.7 Å². The van der Waals surface area contributed by atoms with E-state index in [1.807, 2.05) is 6.92 Å². The standard InChI is InChI=1S/C23H24N2O5S/c1-3-16-30-22-7-5-4-6-21(22)23(26)24-17-10-14-20(15-11-17)31(27,28)25-18-8-12-19(29-2)13-9-18/h4-15,25H,3,16H2,1-2H3,(H,24,26). The number of nitrogens with one attached hydrogen (secondary N) is 2. The van der Waals surface area contributed by atoms with Gasteiger partial charge in [0.05, 0.1) is 24.2 Å². The van der Waals surface area contributed by atoms with Crippen LogP contribution in [0.3, 0.4) is 0 Å². The van der Waals surface area contributed by atoms with Crippen molar-refractivity contribution >= 4 is 27.3 Å². The van der Waals surface area contributed by atoms with Crippen LogP contribution in [0.5, 0.6) is 11.5 Å². The molecule has 0 bridgehead atoms. The van der Waals surface area contributed by atoms with E-state index in [0.717, 1.165) is 6.42 Å². The fourth-order valence-corrected chi connectivity index (χ4v) is 3.84. The third-order valence-corrected chi connectivity index (χ3v) is 5.76. The number of rotatable bonds is 9. The van der Waals surface area contributed by atoms with Crippen molar-refractivity contribution in [1.82, 2.24) is 0 Å². The van der Waals surface area contributed by atoms with Crippen LogP contribution in [0, 0.1) is 0 Å². The summed E-state index contributed by atoms with van der Waals surface area (Å²) in [5.41, 5.74) is 1.30. The second-order valence-electron chi connectivity index (χ2n) is 6.66. The maximum Gasteiger partial charge on any atom is 0.261 e. The van der Waals surface area contributed by atoms with Crippen molar-refractivity contribution in [2.24, 2.45) is 0 Å². The summed E-state index contributed by atoms with van der Waals surface area (Å²) >= 11 is 0. The van der Waals surface area contributed by atoms with E-state index in [1.54, 1.807) is 48.5 Å². The molecule has 3 rings (SSSR count). The highest BCUT2D eigenvalue weighted by Crippen LogP contribution is 2.22. The Morgan fingerprint density at radius 2 is 1.55 bits per heavy atom. The minimum atomic E-state index is -3.77. The number of para-hydroxylation sites is 1. The van der Waals surface area contributed by atoms with Crippen LogP contribution in [-0.2, 0) is 10.0 Å². The molecule has 0 heterocycles. The highest BCUT2D eigenvalue weighted by atomic mass is 32.2. The van der Waals surface area contributed by atoms with Crippen LogP contribution in [0.2, 0.25) is 0 Å². The van der Waals surface area contributed by atoms with E-state index in [2.05, 4.69) is 10.0 Å². The van der Waals surface area contributed by atoms with Crippen LogP contribution in [0.15, 0.2) is 77.7 Å². The Bertz CT molecular complexity index is 1130. The molecule has 1 amide bonds. The molecule has 0 fully saturated rings. The molecule has 0 aliphatic rings. The molecule has 2 N–H and O–H groups in total. The zero-order valence-corrected chi connectivity index (χ0v) is 18.1. The highest BCUT2D eigenvalue weighted by Gasteiger charge is 2.16. The van der Waals surface area contributed by atoms with E-state index >= 15 is 0 Å². The minimum absolute atomic E-state index is 0.0768. The molecular weight excluding hydrogens is 416 g/mol. The van der Waals surface area contributed by atoms with Crippen LogP contribution in [0.25, 0.3) is 0 Å². The second kappa shape index (κ2) is 9.99. The maximum atomic E-state index is 12.6. The predicted molar refractivity (Wildman–Crippen MR) is 120 cm³/mol. The van der Waals surface area contributed by atoms with Crippen molar-refractivity contribution in [1.29, 1.82) is 0 Å². The van der Waals surface area contributed by atoms with Gasteiger partial charge in [-0.15, -0.1) is 0 Å². The van der Waals surface area contributed by atoms with Crippen molar-refractivity contribution in [2.45, 2.75) is 18.2 Å². The molecule has 31 heavy (non-hydrogen) atoms. The quantitative estimate of drug-likeness (QED) is 0.510. The van der Waals surface area contributed by atoms with Gasteiger partial charge in [0.15, 0.2) is 0 Å². The molecule has 162 valence electrons. The molecule has 0 aliphatic heterocycles. The molecule has 0 atom stereocenters. The second-order valence-corrected chi connectivity index (χ2v) is 8.34. The van der Waals surface area contributed by atoms with Crippen LogP contribution >= 0.6 is 0 Å². The van der Waals surface area contributed by atoms with Gasteiger partial charge in [-0.3, -0.25) is 9.52 Å². The Hall–Kier alpha value is -3.52. The average Bonchev–Trinajstić information content (AvgIpc) is 2.78. The average molecular weight is 441 g/mol.